The molecule has 3 N–H and O–H groups in total. The summed E-state index contributed by atoms with van der Waals surface area (Å²) < 4.78 is 0. The first-order valence-electron chi connectivity index (χ1n) is 4.47. The number of phenols is 1. The van der Waals surface area contributed by atoms with E-state index >= 15 is 0 Å². The van der Waals surface area contributed by atoms with Gasteiger partial charge < -0.3 is 15.5 Å². The Morgan fingerprint density at radius 3 is 2.62 bits per heavy atom. The molecule has 5 nitrogen and oxygen atoms in total. The second-order valence-electron chi connectivity index (χ2n) is 2.99. The molecule has 1 aromatic carbocycles. The van der Waals surface area contributed by atoms with Crippen LogP contribution in [-0.2, 0) is 4.79 Å². The Balaban J connectivity index is 2.93. The first-order valence-corrected chi connectivity index (χ1v) is 5.00. The highest BCUT2D eigenvalue weighted by atomic mass is 35.5. The van der Waals surface area contributed by atoms with E-state index in [1.165, 1.54) is 18.2 Å². The lowest BCUT2D eigenvalue weighted by atomic mass is 10.1. The van der Waals surface area contributed by atoms with E-state index < -0.39 is 11.7 Å². The van der Waals surface area contributed by atoms with Gasteiger partial charge in [0.05, 0.1) is 5.69 Å². The molecule has 0 aliphatic heterocycles. The van der Waals surface area contributed by atoms with Crippen molar-refractivity contribution in [2.24, 2.45) is 0 Å². The van der Waals surface area contributed by atoms with Crippen molar-refractivity contribution in [1.82, 2.24) is 0 Å². The predicted octanol–water partition coefficient (Wildman–Crippen LogP) is 1.66. The van der Waals surface area contributed by atoms with Crippen LogP contribution in [0.4, 0.5) is 5.69 Å². The van der Waals surface area contributed by atoms with Gasteiger partial charge in [0.15, 0.2) is 5.75 Å². The second kappa shape index (κ2) is 5.37. The number of carbonyl (C=O) groups is 2. The monoisotopic (exact) mass is 243 g/mol. The number of benzene rings is 1. The van der Waals surface area contributed by atoms with Gasteiger partial charge in [0.1, 0.15) is 5.56 Å². The van der Waals surface area contributed by atoms with E-state index in [1.807, 2.05) is 0 Å². The molecular formula is C10H10ClNO4. The van der Waals surface area contributed by atoms with Crippen molar-refractivity contribution in [1.29, 1.82) is 0 Å². The molecule has 0 aliphatic rings. The normalized spacial score (nSPS) is 9.81. The first-order chi connectivity index (χ1) is 7.56. The quantitative estimate of drug-likeness (QED) is 0.554. The highest BCUT2D eigenvalue weighted by Gasteiger charge is 2.14. The summed E-state index contributed by atoms with van der Waals surface area (Å²) in [5.41, 5.74) is -0.196. The number of para-hydroxylation sites is 1. The SMILES string of the molecule is O=C(CCCl)Nc1cccc(C(=O)O)c1O. The molecule has 0 atom stereocenters. The zero-order valence-corrected chi connectivity index (χ0v) is 8.99. The molecule has 0 saturated carbocycles. The van der Waals surface area contributed by atoms with Crippen molar-refractivity contribution in [2.45, 2.75) is 6.42 Å². The van der Waals surface area contributed by atoms with Crippen LogP contribution in [0.5, 0.6) is 5.75 Å². The molecule has 1 rings (SSSR count). The van der Waals surface area contributed by atoms with E-state index in [1.54, 1.807) is 0 Å². The van der Waals surface area contributed by atoms with Gasteiger partial charge >= 0.3 is 5.97 Å². The molecule has 0 aromatic heterocycles. The molecule has 86 valence electrons. The number of anilines is 1. The largest absolute Gasteiger partial charge is 0.505 e. The number of aromatic hydroxyl groups is 1. The number of halogens is 1. The van der Waals surface area contributed by atoms with Crippen molar-refractivity contribution in [3.8, 4) is 5.75 Å². The zero-order valence-electron chi connectivity index (χ0n) is 8.24. The highest BCUT2D eigenvalue weighted by Crippen LogP contribution is 2.27. The number of hydrogen-bond acceptors (Lipinski definition) is 3. The summed E-state index contributed by atoms with van der Waals surface area (Å²) in [6, 6.07) is 4.09. The number of amides is 1. The van der Waals surface area contributed by atoms with Gasteiger partial charge in [-0.3, -0.25) is 4.79 Å². The summed E-state index contributed by atoms with van der Waals surface area (Å²) in [5, 5.41) is 20.7. The summed E-state index contributed by atoms with van der Waals surface area (Å²) in [6.07, 6.45) is 0.0955. The summed E-state index contributed by atoms with van der Waals surface area (Å²) in [4.78, 5) is 21.9. The minimum atomic E-state index is -1.26. The minimum Gasteiger partial charge on any atom is -0.505 e. The first kappa shape index (κ1) is 12.3. The van der Waals surface area contributed by atoms with Crippen molar-refractivity contribution in [3.63, 3.8) is 0 Å². The van der Waals surface area contributed by atoms with Crippen molar-refractivity contribution < 1.29 is 19.8 Å². The third-order valence-corrected chi connectivity index (χ3v) is 2.05. The average Bonchev–Trinajstić information content (AvgIpc) is 2.21. The molecule has 0 aliphatic carbocycles. The molecular weight excluding hydrogens is 234 g/mol. The van der Waals surface area contributed by atoms with Crippen molar-refractivity contribution in [3.05, 3.63) is 23.8 Å². The molecule has 16 heavy (non-hydrogen) atoms. The summed E-state index contributed by atoms with van der Waals surface area (Å²) >= 11 is 5.37. The Morgan fingerprint density at radius 2 is 2.06 bits per heavy atom. The Morgan fingerprint density at radius 1 is 1.38 bits per heavy atom. The molecule has 6 heteroatoms. The van der Waals surface area contributed by atoms with Crippen LogP contribution in [0.15, 0.2) is 18.2 Å². The molecule has 1 aromatic rings. The number of aromatic carboxylic acids is 1. The van der Waals surface area contributed by atoms with Crippen LogP contribution in [0.25, 0.3) is 0 Å². The third-order valence-electron chi connectivity index (χ3n) is 1.86. The maximum Gasteiger partial charge on any atom is 0.339 e. The average molecular weight is 244 g/mol. The number of hydrogen-bond donors (Lipinski definition) is 3. The predicted molar refractivity (Wildman–Crippen MR) is 59.0 cm³/mol. The van der Waals surface area contributed by atoms with Crippen LogP contribution in [0.1, 0.15) is 16.8 Å². The molecule has 0 fully saturated rings. The van der Waals surface area contributed by atoms with Gasteiger partial charge in [-0.25, -0.2) is 4.79 Å². The molecule has 0 saturated heterocycles. The van der Waals surface area contributed by atoms with Gasteiger partial charge in [-0.2, -0.15) is 0 Å². The lowest BCUT2D eigenvalue weighted by Gasteiger charge is -2.08. The fraction of sp³-hybridized carbons (Fsp3) is 0.200. The van der Waals surface area contributed by atoms with Crippen LogP contribution < -0.4 is 5.32 Å². The summed E-state index contributed by atoms with van der Waals surface area (Å²) in [6.45, 7) is 0. The minimum absolute atomic E-state index is 0.0648. The number of rotatable bonds is 4. The van der Waals surface area contributed by atoms with Gasteiger partial charge in [-0.05, 0) is 12.1 Å². The van der Waals surface area contributed by atoms with E-state index in [-0.39, 0.29) is 29.5 Å². The van der Waals surface area contributed by atoms with Gasteiger partial charge in [0, 0.05) is 12.3 Å². The van der Waals surface area contributed by atoms with Crippen LogP contribution in [-0.4, -0.2) is 28.0 Å². The fourth-order valence-electron chi connectivity index (χ4n) is 1.12. The van der Waals surface area contributed by atoms with E-state index in [0.29, 0.717) is 0 Å². The van der Waals surface area contributed by atoms with E-state index in [4.69, 9.17) is 16.7 Å². The van der Waals surface area contributed by atoms with Gasteiger partial charge in [0.25, 0.3) is 0 Å². The summed E-state index contributed by atoms with van der Waals surface area (Å²) in [5.74, 6) is -1.94. The standard InChI is InChI=1S/C10H10ClNO4/c11-5-4-8(13)12-7-3-1-2-6(9(7)14)10(15)16/h1-3,14H,4-5H2,(H,12,13)(H,15,16). The lowest BCUT2D eigenvalue weighted by Crippen LogP contribution is -2.12. The molecule has 0 bridgehead atoms. The lowest BCUT2D eigenvalue weighted by molar-refractivity contribution is -0.115. The van der Waals surface area contributed by atoms with Gasteiger partial charge in [0.2, 0.25) is 5.91 Å². The Kier molecular flexibility index (Phi) is 4.13. The summed E-state index contributed by atoms with van der Waals surface area (Å²) in [7, 11) is 0. The fourth-order valence-corrected chi connectivity index (χ4v) is 1.29. The van der Waals surface area contributed by atoms with Crippen LogP contribution in [0.3, 0.4) is 0 Å². The van der Waals surface area contributed by atoms with E-state index in [0.717, 1.165) is 0 Å². The number of carbonyl (C=O) groups excluding carboxylic acids is 1. The second-order valence-corrected chi connectivity index (χ2v) is 3.37. The number of nitrogens with one attached hydrogen (secondary N) is 1. The van der Waals surface area contributed by atoms with Crippen molar-refractivity contribution >= 4 is 29.2 Å². The smallest absolute Gasteiger partial charge is 0.339 e. The third kappa shape index (κ3) is 2.87. The van der Waals surface area contributed by atoms with Crippen LogP contribution >= 0.6 is 11.6 Å². The number of carboxylic acid groups (broad SMARTS) is 1. The Hall–Kier alpha value is -1.75. The van der Waals surface area contributed by atoms with Gasteiger partial charge in [-0.1, -0.05) is 6.07 Å². The molecule has 0 unspecified atom stereocenters. The van der Waals surface area contributed by atoms with E-state index in [9.17, 15) is 14.7 Å². The maximum atomic E-state index is 11.2. The molecule has 0 spiro atoms. The van der Waals surface area contributed by atoms with Crippen LogP contribution in [0, 0.1) is 0 Å². The molecule has 1 amide bonds. The van der Waals surface area contributed by atoms with E-state index in [2.05, 4.69) is 5.32 Å². The topological polar surface area (TPSA) is 86.6 Å². The van der Waals surface area contributed by atoms with Gasteiger partial charge in [-0.15, -0.1) is 11.6 Å². The number of carboxylic acids is 1. The zero-order chi connectivity index (χ0) is 12.1. The Labute approximate surface area is 96.7 Å². The maximum absolute atomic E-state index is 11.2. The Bertz CT molecular complexity index is 419. The number of alkyl halides is 1. The van der Waals surface area contributed by atoms with Crippen molar-refractivity contribution in [2.75, 3.05) is 11.2 Å². The highest BCUT2D eigenvalue weighted by molar-refractivity contribution is 6.19. The molecule has 0 heterocycles. The molecule has 0 radical (unpaired) electrons. The van der Waals surface area contributed by atoms with Crippen LogP contribution in [0.2, 0.25) is 0 Å².